The Hall–Kier alpha value is -2.46. The molecule has 0 unspecified atom stereocenters. The number of hydrogen-bond acceptors (Lipinski definition) is 6. The van der Waals surface area contributed by atoms with Gasteiger partial charge in [0.2, 0.25) is 10.0 Å². The zero-order chi connectivity index (χ0) is 21.3. The fraction of sp³-hybridized carbons (Fsp3) is 0.526. The molecule has 2 N–H and O–H groups in total. The topological polar surface area (TPSA) is 122 Å². The standard InChI is InChI=1S/C19H27N3O6S/c1-2-10-20-19(25)21-17(23)14-28-18(24)13-15-6-8-16(9-7-15)29(26,27)22-11-4-3-5-12-22/h6-9H,2-5,10-14H2,1H3,(H2,20,21,23,25). The molecule has 29 heavy (non-hydrogen) atoms. The number of benzene rings is 1. The van der Waals surface area contributed by atoms with Crippen LogP contribution >= 0.6 is 0 Å². The molecule has 1 heterocycles. The summed E-state index contributed by atoms with van der Waals surface area (Å²) in [5.74, 6) is -1.38. The molecule has 3 amide bonds. The van der Waals surface area contributed by atoms with Crippen LogP contribution in [0.15, 0.2) is 29.2 Å². The van der Waals surface area contributed by atoms with E-state index in [9.17, 15) is 22.8 Å². The van der Waals surface area contributed by atoms with Gasteiger partial charge in [-0.2, -0.15) is 4.31 Å². The van der Waals surface area contributed by atoms with Crippen LogP contribution < -0.4 is 10.6 Å². The van der Waals surface area contributed by atoms with Gasteiger partial charge < -0.3 is 10.1 Å². The van der Waals surface area contributed by atoms with Gasteiger partial charge in [-0.1, -0.05) is 25.5 Å². The lowest BCUT2D eigenvalue weighted by molar-refractivity contribution is -0.147. The first-order chi connectivity index (χ1) is 13.8. The maximum atomic E-state index is 12.6. The Morgan fingerprint density at radius 3 is 2.34 bits per heavy atom. The zero-order valence-corrected chi connectivity index (χ0v) is 17.3. The molecule has 0 saturated carbocycles. The highest BCUT2D eigenvalue weighted by atomic mass is 32.2. The molecular weight excluding hydrogens is 398 g/mol. The van der Waals surface area contributed by atoms with Gasteiger partial charge in [0.05, 0.1) is 11.3 Å². The van der Waals surface area contributed by atoms with Gasteiger partial charge in [-0.25, -0.2) is 13.2 Å². The molecule has 10 heteroatoms. The zero-order valence-electron chi connectivity index (χ0n) is 16.5. The first-order valence-electron chi connectivity index (χ1n) is 9.65. The fourth-order valence-corrected chi connectivity index (χ4v) is 4.36. The highest BCUT2D eigenvalue weighted by Crippen LogP contribution is 2.21. The molecule has 1 aromatic rings. The first-order valence-corrected chi connectivity index (χ1v) is 11.1. The summed E-state index contributed by atoms with van der Waals surface area (Å²) in [6.45, 7) is 2.78. The molecule has 0 atom stereocenters. The molecule has 160 valence electrons. The summed E-state index contributed by atoms with van der Waals surface area (Å²) in [7, 11) is -3.52. The normalized spacial score (nSPS) is 14.8. The third-order valence-electron chi connectivity index (χ3n) is 4.38. The molecule has 0 spiro atoms. The van der Waals surface area contributed by atoms with E-state index in [2.05, 4.69) is 10.6 Å². The lowest BCUT2D eigenvalue weighted by Gasteiger charge is -2.25. The van der Waals surface area contributed by atoms with Crippen molar-refractivity contribution < 1.29 is 27.5 Å². The van der Waals surface area contributed by atoms with E-state index in [0.29, 0.717) is 25.2 Å². The van der Waals surface area contributed by atoms with E-state index in [0.717, 1.165) is 25.7 Å². The predicted octanol–water partition coefficient (Wildman–Crippen LogP) is 1.18. The summed E-state index contributed by atoms with van der Waals surface area (Å²) >= 11 is 0. The lowest BCUT2D eigenvalue weighted by atomic mass is 10.1. The summed E-state index contributed by atoms with van der Waals surface area (Å²) in [5.41, 5.74) is 0.564. The van der Waals surface area contributed by atoms with E-state index in [1.165, 1.54) is 16.4 Å². The van der Waals surface area contributed by atoms with Crippen molar-refractivity contribution in [3.63, 3.8) is 0 Å². The van der Waals surface area contributed by atoms with Crippen molar-refractivity contribution in [2.45, 2.75) is 43.9 Å². The van der Waals surface area contributed by atoms with Crippen LogP contribution in [0, 0.1) is 0 Å². The van der Waals surface area contributed by atoms with E-state index < -0.39 is 34.5 Å². The number of esters is 1. The van der Waals surface area contributed by atoms with E-state index in [1.54, 1.807) is 12.1 Å². The van der Waals surface area contributed by atoms with E-state index in [-0.39, 0.29) is 11.3 Å². The molecule has 9 nitrogen and oxygen atoms in total. The van der Waals surface area contributed by atoms with Crippen molar-refractivity contribution >= 4 is 27.9 Å². The van der Waals surface area contributed by atoms with Crippen LogP contribution in [-0.2, 0) is 30.8 Å². The quantitative estimate of drug-likeness (QED) is 0.603. The number of hydrogen-bond donors (Lipinski definition) is 2. The molecule has 1 saturated heterocycles. The van der Waals surface area contributed by atoms with E-state index >= 15 is 0 Å². The second-order valence-electron chi connectivity index (χ2n) is 6.75. The SMILES string of the molecule is CCCNC(=O)NC(=O)COC(=O)Cc1ccc(S(=O)(=O)N2CCCCC2)cc1. The number of imide groups is 1. The molecule has 1 fully saturated rings. The summed E-state index contributed by atoms with van der Waals surface area (Å²) < 4.78 is 31.5. The number of carbonyl (C=O) groups excluding carboxylic acids is 3. The number of nitrogens with zero attached hydrogens (tertiary/aromatic N) is 1. The summed E-state index contributed by atoms with van der Waals surface area (Å²) in [6, 6.07) is 5.40. The Morgan fingerprint density at radius 1 is 1.07 bits per heavy atom. The smallest absolute Gasteiger partial charge is 0.321 e. The van der Waals surface area contributed by atoms with Gasteiger partial charge in [-0.15, -0.1) is 0 Å². The minimum absolute atomic E-state index is 0.112. The minimum Gasteiger partial charge on any atom is -0.455 e. The molecule has 0 radical (unpaired) electrons. The van der Waals surface area contributed by atoms with Gasteiger partial charge in [0.1, 0.15) is 0 Å². The second-order valence-corrected chi connectivity index (χ2v) is 8.69. The van der Waals surface area contributed by atoms with Gasteiger partial charge >= 0.3 is 12.0 Å². The van der Waals surface area contributed by atoms with Gasteiger partial charge in [-0.05, 0) is 37.0 Å². The first kappa shape index (κ1) is 22.8. The number of nitrogens with one attached hydrogen (secondary N) is 2. The highest BCUT2D eigenvalue weighted by Gasteiger charge is 2.25. The van der Waals surface area contributed by atoms with Crippen LogP contribution in [0.25, 0.3) is 0 Å². The van der Waals surface area contributed by atoms with Crippen LogP contribution in [0.4, 0.5) is 4.79 Å². The third kappa shape index (κ3) is 7.13. The summed E-state index contributed by atoms with van der Waals surface area (Å²) in [6.07, 6.45) is 3.37. The maximum Gasteiger partial charge on any atom is 0.321 e. The Morgan fingerprint density at radius 2 is 1.72 bits per heavy atom. The Kier molecular flexibility index (Phi) is 8.59. The van der Waals surface area contributed by atoms with Gasteiger partial charge in [0.25, 0.3) is 5.91 Å². The number of amides is 3. The molecule has 1 aliphatic heterocycles. The average molecular weight is 426 g/mol. The van der Waals surface area contributed by atoms with E-state index in [4.69, 9.17) is 4.74 Å². The monoisotopic (exact) mass is 425 g/mol. The number of sulfonamides is 1. The Balaban J connectivity index is 1.82. The van der Waals surface area contributed by atoms with Crippen LogP contribution in [0.2, 0.25) is 0 Å². The van der Waals surface area contributed by atoms with Gasteiger partial charge in [-0.3, -0.25) is 14.9 Å². The fourth-order valence-electron chi connectivity index (χ4n) is 2.84. The van der Waals surface area contributed by atoms with Crippen LogP contribution in [0.5, 0.6) is 0 Å². The molecule has 0 aromatic heterocycles. The maximum absolute atomic E-state index is 12.6. The van der Waals surface area contributed by atoms with Crippen molar-refractivity contribution in [2.24, 2.45) is 0 Å². The largest absolute Gasteiger partial charge is 0.455 e. The molecule has 2 rings (SSSR count). The summed E-state index contributed by atoms with van der Waals surface area (Å²) in [4.78, 5) is 35.0. The van der Waals surface area contributed by atoms with Gasteiger partial charge in [0.15, 0.2) is 6.61 Å². The van der Waals surface area contributed by atoms with Crippen molar-refractivity contribution in [3.8, 4) is 0 Å². The number of ether oxygens (including phenoxy) is 1. The van der Waals surface area contributed by atoms with Crippen LogP contribution in [0.1, 0.15) is 38.2 Å². The van der Waals surface area contributed by atoms with Crippen molar-refractivity contribution in [1.29, 1.82) is 0 Å². The van der Waals surface area contributed by atoms with Crippen molar-refractivity contribution in [3.05, 3.63) is 29.8 Å². The van der Waals surface area contributed by atoms with Crippen molar-refractivity contribution in [1.82, 2.24) is 14.9 Å². The molecule has 1 aromatic carbocycles. The number of urea groups is 1. The Bertz CT molecular complexity index is 817. The number of carbonyl (C=O) groups is 3. The summed E-state index contributed by atoms with van der Waals surface area (Å²) in [5, 5.41) is 4.52. The van der Waals surface area contributed by atoms with Crippen LogP contribution in [0.3, 0.4) is 0 Å². The number of piperidine rings is 1. The van der Waals surface area contributed by atoms with Crippen LogP contribution in [-0.4, -0.2) is 56.9 Å². The second kappa shape index (κ2) is 10.9. The Labute approximate surface area is 170 Å². The molecule has 1 aliphatic rings. The lowest BCUT2D eigenvalue weighted by Crippen LogP contribution is -2.41. The van der Waals surface area contributed by atoms with E-state index in [1.807, 2.05) is 6.92 Å². The average Bonchev–Trinajstić information content (AvgIpc) is 2.72. The molecule has 0 aliphatic carbocycles. The third-order valence-corrected chi connectivity index (χ3v) is 6.29. The number of rotatable bonds is 8. The van der Waals surface area contributed by atoms with Gasteiger partial charge in [0, 0.05) is 19.6 Å². The predicted molar refractivity (Wildman–Crippen MR) is 106 cm³/mol. The molecule has 0 bridgehead atoms. The molecular formula is C19H27N3O6S. The minimum atomic E-state index is -3.52. The highest BCUT2D eigenvalue weighted by molar-refractivity contribution is 7.89. The van der Waals surface area contributed by atoms with Crippen molar-refractivity contribution in [2.75, 3.05) is 26.2 Å².